The lowest BCUT2D eigenvalue weighted by Crippen LogP contribution is -2.02. The van der Waals surface area contributed by atoms with E-state index in [0.717, 1.165) is 42.0 Å². The second-order valence-corrected chi connectivity index (χ2v) is 8.99. The van der Waals surface area contributed by atoms with Crippen molar-refractivity contribution < 1.29 is 0 Å². The highest BCUT2D eigenvalue weighted by molar-refractivity contribution is 8.03. The summed E-state index contributed by atoms with van der Waals surface area (Å²) < 4.78 is 0. The highest BCUT2D eigenvalue weighted by Crippen LogP contribution is 2.33. The zero-order valence-electron chi connectivity index (χ0n) is 15.9. The molecule has 0 saturated heterocycles. The third-order valence-electron chi connectivity index (χ3n) is 4.79. The Morgan fingerprint density at radius 2 is 1.85 bits per heavy atom. The summed E-state index contributed by atoms with van der Waals surface area (Å²) >= 11 is 14.1. The van der Waals surface area contributed by atoms with E-state index in [0.29, 0.717) is 10.9 Å². The fraction of sp³-hybridized carbons (Fsp3) is 0.391. The summed E-state index contributed by atoms with van der Waals surface area (Å²) in [5, 5.41) is 1.44. The Morgan fingerprint density at radius 3 is 2.46 bits per heavy atom. The lowest BCUT2D eigenvalue weighted by Gasteiger charge is -2.19. The number of hydrogen-bond acceptors (Lipinski definition) is 1. The number of aryl methyl sites for hydroxylation is 3. The zero-order chi connectivity index (χ0) is 19.1. The second kappa shape index (κ2) is 10.4. The Kier molecular flexibility index (Phi) is 8.60. The van der Waals surface area contributed by atoms with E-state index in [1.54, 1.807) is 0 Å². The van der Waals surface area contributed by atoms with Crippen molar-refractivity contribution in [2.24, 2.45) is 0 Å². The summed E-state index contributed by atoms with van der Waals surface area (Å²) in [6.07, 6.45) is 4.12. The van der Waals surface area contributed by atoms with Gasteiger partial charge >= 0.3 is 0 Å². The smallest absolute Gasteiger partial charge is 0.0452 e. The van der Waals surface area contributed by atoms with Crippen molar-refractivity contribution >= 4 is 35.0 Å². The normalized spacial score (nSPS) is 12.2. The topological polar surface area (TPSA) is 0 Å². The Hall–Kier alpha value is -0.890. The minimum Gasteiger partial charge on any atom is -0.132 e. The largest absolute Gasteiger partial charge is 0.132 e. The van der Waals surface area contributed by atoms with Gasteiger partial charge in [0, 0.05) is 10.0 Å². The molecule has 0 spiro atoms. The quantitative estimate of drug-likeness (QED) is 0.403. The van der Waals surface area contributed by atoms with Gasteiger partial charge in [0.2, 0.25) is 0 Å². The first-order chi connectivity index (χ1) is 12.4. The molecule has 2 rings (SSSR count). The standard InChI is InChI=1S/C23H28Cl2S/c1-5-19(14-17(4)26-6-2)22-12-8-18(13-16(22)3)7-9-20-10-11-21(24)15-23(20)25/h8,10-13,15,19H,4-7,9,14H2,1-3H3. The van der Waals surface area contributed by atoms with Gasteiger partial charge in [0.15, 0.2) is 0 Å². The summed E-state index contributed by atoms with van der Waals surface area (Å²) in [5.74, 6) is 1.65. The molecule has 0 aliphatic heterocycles. The SMILES string of the molecule is C=C(CC(CC)c1ccc(CCc2ccc(Cl)cc2Cl)cc1C)SCC. The van der Waals surface area contributed by atoms with Gasteiger partial charge in [-0.3, -0.25) is 0 Å². The van der Waals surface area contributed by atoms with Crippen LogP contribution >= 0.6 is 35.0 Å². The Morgan fingerprint density at radius 1 is 1.08 bits per heavy atom. The van der Waals surface area contributed by atoms with Gasteiger partial charge in [-0.1, -0.05) is 67.9 Å². The van der Waals surface area contributed by atoms with Gasteiger partial charge in [0.05, 0.1) is 0 Å². The molecule has 0 aliphatic rings. The summed E-state index contributed by atoms with van der Waals surface area (Å²) in [5.41, 5.74) is 5.34. The van der Waals surface area contributed by atoms with Crippen LogP contribution in [0.15, 0.2) is 47.9 Å². The number of thioether (sulfide) groups is 1. The van der Waals surface area contributed by atoms with Gasteiger partial charge in [-0.05, 0) is 83.6 Å². The van der Waals surface area contributed by atoms with Crippen LogP contribution in [-0.2, 0) is 12.8 Å². The van der Waals surface area contributed by atoms with Gasteiger partial charge in [0.25, 0.3) is 0 Å². The predicted octanol–water partition coefficient (Wildman–Crippen LogP) is 8.24. The molecule has 1 atom stereocenters. The minimum atomic E-state index is 0.557. The molecule has 26 heavy (non-hydrogen) atoms. The molecule has 1 unspecified atom stereocenters. The first-order valence-electron chi connectivity index (χ1n) is 9.28. The van der Waals surface area contributed by atoms with E-state index in [4.69, 9.17) is 23.2 Å². The maximum atomic E-state index is 6.29. The van der Waals surface area contributed by atoms with E-state index < -0.39 is 0 Å². The summed E-state index contributed by atoms with van der Waals surface area (Å²) in [4.78, 5) is 1.29. The van der Waals surface area contributed by atoms with Crippen LogP contribution in [0, 0.1) is 6.92 Å². The van der Waals surface area contributed by atoms with Gasteiger partial charge in [0.1, 0.15) is 0 Å². The van der Waals surface area contributed by atoms with Gasteiger partial charge in [-0.2, -0.15) is 0 Å². The molecule has 140 valence electrons. The molecular formula is C23H28Cl2S. The number of hydrogen-bond donors (Lipinski definition) is 0. The Labute approximate surface area is 173 Å². The van der Waals surface area contributed by atoms with Crippen molar-refractivity contribution in [2.75, 3.05) is 5.75 Å². The summed E-state index contributed by atoms with van der Waals surface area (Å²) in [6, 6.07) is 12.7. The molecule has 2 aromatic rings. The van der Waals surface area contributed by atoms with Crippen LogP contribution in [-0.4, -0.2) is 5.75 Å². The van der Waals surface area contributed by atoms with Crippen LogP contribution in [0.3, 0.4) is 0 Å². The van der Waals surface area contributed by atoms with E-state index >= 15 is 0 Å². The first-order valence-corrected chi connectivity index (χ1v) is 11.0. The number of halogens is 2. The van der Waals surface area contributed by atoms with Crippen LogP contribution in [0.4, 0.5) is 0 Å². The van der Waals surface area contributed by atoms with E-state index in [1.807, 2.05) is 30.0 Å². The monoisotopic (exact) mass is 406 g/mol. The molecule has 3 heteroatoms. The lowest BCUT2D eigenvalue weighted by atomic mass is 9.88. The van der Waals surface area contributed by atoms with E-state index in [1.165, 1.54) is 21.6 Å². The first kappa shape index (κ1) is 21.4. The van der Waals surface area contributed by atoms with Crippen molar-refractivity contribution in [1.29, 1.82) is 0 Å². The van der Waals surface area contributed by atoms with E-state index in [9.17, 15) is 0 Å². The average molecular weight is 407 g/mol. The van der Waals surface area contributed by atoms with E-state index in [2.05, 4.69) is 45.5 Å². The highest BCUT2D eigenvalue weighted by atomic mass is 35.5. The van der Waals surface area contributed by atoms with E-state index in [-0.39, 0.29) is 0 Å². The van der Waals surface area contributed by atoms with Gasteiger partial charge in [-0.15, -0.1) is 11.8 Å². The minimum absolute atomic E-state index is 0.557. The maximum absolute atomic E-state index is 6.29. The van der Waals surface area contributed by atoms with Crippen LogP contribution in [0.2, 0.25) is 10.0 Å². The van der Waals surface area contributed by atoms with Crippen molar-refractivity contribution in [3.05, 3.63) is 80.2 Å². The van der Waals surface area contributed by atoms with Crippen molar-refractivity contribution in [2.45, 2.75) is 52.4 Å². The molecule has 0 bridgehead atoms. The molecular weight excluding hydrogens is 379 g/mol. The third kappa shape index (κ3) is 6.08. The Balaban J connectivity index is 2.06. The van der Waals surface area contributed by atoms with Crippen molar-refractivity contribution in [1.82, 2.24) is 0 Å². The average Bonchev–Trinajstić information content (AvgIpc) is 2.59. The van der Waals surface area contributed by atoms with Crippen LogP contribution in [0.25, 0.3) is 0 Å². The summed E-state index contributed by atoms with van der Waals surface area (Å²) in [6.45, 7) is 10.9. The fourth-order valence-corrected chi connectivity index (χ4v) is 4.60. The number of benzene rings is 2. The van der Waals surface area contributed by atoms with Crippen molar-refractivity contribution in [3.63, 3.8) is 0 Å². The lowest BCUT2D eigenvalue weighted by molar-refractivity contribution is 0.666. The predicted molar refractivity (Wildman–Crippen MR) is 120 cm³/mol. The second-order valence-electron chi connectivity index (χ2n) is 6.71. The van der Waals surface area contributed by atoms with Gasteiger partial charge < -0.3 is 0 Å². The zero-order valence-corrected chi connectivity index (χ0v) is 18.3. The molecule has 0 aliphatic carbocycles. The molecule has 0 aromatic heterocycles. The fourth-order valence-electron chi connectivity index (χ4n) is 3.37. The summed E-state index contributed by atoms with van der Waals surface area (Å²) in [7, 11) is 0. The maximum Gasteiger partial charge on any atom is 0.0452 e. The molecule has 2 aromatic carbocycles. The van der Waals surface area contributed by atoms with Crippen molar-refractivity contribution in [3.8, 4) is 0 Å². The van der Waals surface area contributed by atoms with Crippen LogP contribution in [0.5, 0.6) is 0 Å². The van der Waals surface area contributed by atoms with Crippen LogP contribution in [0.1, 0.15) is 54.9 Å². The molecule has 0 amide bonds. The molecule has 0 N–H and O–H groups in total. The Bertz CT molecular complexity index is 752. The molecule has 0 saturated carbocycles. The molecule has 0 nitrogen and oxygen atoms in total. The molecule has 0 fully saturated rings. The molecule has 0 heterocycles. The van der Waals surface area contributed by atoms with Gasteiger partial charge in [-0.25, -0.2) is 0 Å². The third-order valence-corrected chi connectivity index (χ3v) is 6.24. The number of rotatable bonds is 9. The highest BCUT2D eigenvalue weighted by Gasteiger charge is 2.14. The van der Waals surface area contributed by atoms with Crippen LogP contribution < -0.4 is 0 Å². The number of allylic oxidation sites excluding steroid dienone is 1. The molecule has 0 radical (unpaired) electrons.